The van der Waals surface area contributed by atoms with E-state index in [0.717, 1.165) is 18.3 Å². The highest BCUT2D eigenvalue weighted by atomic mass is 19.1. The Hall–Kier alpha value is -4.61. The zero-order chi connectivity index (χ0) is 22.5. The summed E-state index contributed by atoms with van der Waals surface area (Å²) in [6.07, 6.45) is 0.954. The Morgan fingerprint density at radius 1 is 1.32 bits per heavy atom. The lowest BCUT2D eigenvalue weighted by Gasteiger charge is -2.05. The van der Waals surface area contributed by atoms with Crippen LogP contribution in [0, 0.1) is 15.9 Å². The van der Waals surface area contributed by atoms with Gasteiger partial charge in [0, 0.05) is 5.56 Å². The van der Waals surface area contributed by atoms with Crippen LogP contribution in [0.2, 0.25) is 0 Å². The summed E-state index contributed by atoms with van der Waals surface area (Å²) in [5.74, 6) is -1.77. The number of nitrogens with zero attached hydrogens (tertiary/aromatic N) is 3. The number of nitro groups is 1. The van der Waals surface area contributed by atoms with Crippen LogP contribution in [0.3, 0.4) is 0 Å². The molecule has 0 saturated heterocycles. The number of H-pyrrole nitrogens is 1. The lowest BCUT2D eigenvalue weighted by atomic mass is 10.1. The molecule has 0 unspecified atom stereocenters. The van der Waals surface area contributed by atoms with Crippen LogP contribution in [0.25, 0.3) is 11.3 Å². The van der Waals surface area contributed by atoms with Gasteiger partial charge in [0.2, 0.25) is 0 Å². The third-order valence-corrected chi connectivity index (χ3v) is 4.02. The fraction of sp³-hybridized carbons (Fsp3) is 0.0526. The summed E-state index contributed by atoms with van der Waals surface area (Å²) in [7, 11) is 1.24. The van der Waals surface area contributed by atoms with Gasteiger partial charge in [-0.2, -0.15) is 10.1 Å². The normalized spacial score (nSPS) is 10.8. The second-order valence-electron chi connectivity index (χ2n) is 6.03. The second-order valence-corrected chi connectivity index (χ2v) is 6.03. The fourth-order valence-electron chi connectivity index (χ4n) is 2.57. The predicted molar refractivity (Wildman–Crippen MR) is 107 cm³/mol. The molecule has 1 amide bonds. The summed E-state index contributed by atoms with van der Waals surface area (Å²) in [5, 5.41) is 24.6. The number of methoxy groups -OCH3 is 1. The quantitative estimate of drug-likeness (QED) is 0.308. The van der Waals surface area contributed by atoms with Crippen molar-refractivity contribution in [2.45, 2.75) is 0 Å². The van der Waals surface area contributed by atoms with Crippen LogP contribution in [0.1, 0.15) is 16.1 Å². The number of hydrogen-bond donors (Lipinski definition) is 3. The summed E-state index contributed by atoms with van der Waals surface area (Å²) >= 11 is 0. The van der Waals surface area contributed by atoms with Crippen molar-refractivity contribution in [1.29, 1.82) is 0 Å². The van der Waals surface area contributed by atoms with Gasteiger partial charge in [-0.05, 0) is 36.4 Å². The van der Waals surface area contributed by atoms with Gasteiger partial charge in [0.25, 0.3) is 11.6 Å². The Balaban J connectivity index is 1.84. The van der Waals surface area contributed by atoms with Crippen LogP contribution >= 0.6 is 0 Å². The minimum absolute atomic E-state index is 0.0983. The maximum atomic E-state index is 13.1. The Labute approximate surface area is 173 Å². The van der Waals surface area contributed by atoms with Gasteiger partial charge in [0.1, 0.15) is 11.5 Å². The van der Waals surface area contributed by atoms with Gasteiger partial charge in [-0.25, -0.2) is 14.6 Å². The number of halogens is 1. The molecule has 158 valence electrons. The standard InChI is InChI=1S/C19H14FN5O6/c1-31-17-8-15(25(29)30)11(6-16(17)26)9-21-24-18(27)14-7-13(22-19(28)23-14)10-2-4-12(20)5-3-10/h2-9,26H,1H3,(H,24,27)(H,22,23,28)/b21-9+. The molecule has 0 radical (unpaired) electrons. The van der Waals surface area contributed by atoms with Crippen molar-refractivity contribution in [2.24, 2.45) is 5.10 Å². The molecule has 0 saturated carbocycles. The molecule has 0 fully saturated rings. The molecule has 1 aromatic heterocycles. The van der Waals surface area contributed by atoms with E-state index < -0.39 is 28.0 Å². The lowest BCUT2D eigenvalue weighted by molar-refractivity contribution is -0.385. The number of nitro benzene ring substituents is 1. The molecule has 3 rings (SSSR count). The number of phenols is 1. The minimum atomic E-state index is -0.834. The van der Waals surface area contributed by atoms with Gasteiger partial charge in [0.15, 0.2) is 11.5 Å². The predicted octanol–water partition coefficient (Wildman–Crippen LogP) is 1.96. The first-order valence-corrected chi connectivity index (χ1v) is 8.54. The van der Waals surface area contributed by atoms with E-state index in [0.29, 0.717) is 5.56 Å². The molecule has 31 heavy (non-hydrogen) atoms. The van der Waals surface area contributed by atoms with E-state index in [-0.39, 0.29) is 28.5 Å². The molecule has 0 aliphatic heterocycles. The monoisotopic (exact) mass is 427 g/mol. The number of amides is 1. The van der Waals surface area contributed by atoms with Crippen molar-refractivity contribution in [3.05, 3.63) is 80.1 Å². The van der Waals surface area contributed by atoms with Crippen LogP contribution in [0.15, 0.2) is 52.4 Å². The molecule has 12 heteroatoms. The smallest absolute Gasteiger partial charge is 0.346 e. The van der Waals surface area contributed by atoms with Crippen molar-refractivity contribution in [1.82, 2.24) is 15.4 Å². The molecule has 0 atom stereocenters. The summed E-state index contributed by atoms with van der Waals surface area (Å²) in [6.45, 7) is 0. The number of aromatic hydroxyl groups is 1. The molecular weight excluding hydrogens is 413 g/mol. The average Bonchev–Trinajstić information content (AvgIpc) is 2.73. The van der Waals surface area contributed by atoms with Crippen LogP contribution in [0.4, 0.5) is 10.1 Å². The highest BCUT2D eigenvalue weighted by molar-refractivity contribution is 5.94. The third-order valence-electron chi connectivity index (χ3n) is 4.02. The van der Waals surface area contributed by atoms with E-state index in [1.165, 1.54) is 37.4 Å². The molecule has 2 aromatic carbocycles. The van der Waals surface area contributed by atoms with Crippen LogP contribution in [0.5, 0.6) is 11.5 Å². The second kappa shape index (κ2) is 8.82. The van der Waals surface area contributed by atoms with E-state index in [2.05, 4.69) is 20.5 Å². The van der Waals surface area contributed by atoms with Gasteiger partial charge < -0.3 is 14.8 Å². The Morgan fingerprint density at radius 2 is 2.03 bits per heavy atom. The first kappa shape index (κ1) is 21.1. The van der Waals surface area contributed by atoms with Gasteiger partial charge in [0.05, 0.1) is 35.6 Å². The van der Waals surface area contributed by atoms with Crippen LogP contribution < -0.4 is 15.9 Å². The van der Waals surface area contributed by atoms with Gasteiger partial charge in [-0.3, -0.25) is 14.9 Å². The summed E-state index contributed by atoms with van der Waals surface area (Å²) in [6, 6.07) is 8.47. The van der Waals surface area contributed by atoms with E-state index in [4.69, 9.17) is 4.74 Å². The van der Waals surface area contributed by atoms with E-state index >= 15 is 0 Å². The summed E-state index contributed by atoms with van der Waals surface area (Å²) in [5.41, 5.74) is 1.14. The van der Waals surface area contributed by atoms with Crippen molar-refractivity contribution in [3.8, 4) is 22.8 Å². The zero-order valence-electron chi connectivity index (χ0n) is 15.8. The number of carbonyl (C=O) groups excluding carboxylic acids is 1. The summed E-state index contributed by atoms with van der Waals surface area (Å²) < 4.78 is 17.9. The molecule has 0 spiro atoms. The van der Waals surface area contributed by atoms with E-state index in [1.807, 2.05) is 0 Å². The average molecular weight is 427 g/mol. The maximum Gasteiger partial charge on any atom is 0.346 e. The third kappa shape index (κ3) is 4.87. The molecule has 3 N–H and O–H groups in total. The van der Waals surface area contributed by atoms with Gasteiger partial charge in [-0.1, -0.05) is 0 Å². The molecule has 0 aliphatic carbocycles. The van der Waals surface area contributed by atoms with Gasteiger partial charge in [-0.15, -0.1) is 0 Å². The number of aromatic nitrogens is 2. The number of rotatable bonds is 6. The largest absolute Gasteiger partial charge is 0.504 e. The maximum absolute atomic E-state index is 13.1. The molecule has 0 bridgehead atoms. The Bertz CT molecular complexity index is 1240. The topological polar surface area (TPSA) is 160 Å². The Morgan fingerprint density at radius 3 is 2.68 bits per heavy atom. The van der Waals surface area contributed by atoms with Crippen molar-refractivity contribution in [3.63, 3.8) is 0 Å². The first-order valence-electron chi connectivity index (χ1n) is 8.54. The number of nitrogens with one attached hydrogen (secondary N) is 2. The SMILES string of the molecule is COc1cc([N+](=O)[O-])c(/C=N/NC(=O)c2cc(-c3ccc(F)cc3)nc(=O)[nH]2)cc1O. The number of phenolic OH excluding ortho intramolecular Hbond substituents is 1. The Kier molecular flexibility index (Phi) is 6.00. The fourth-order valence-corrected chi connectivity index (χ4v) is 2.57. The molecule has 11 nitrogen and oxygen atoms in total. The number of carbonyl (C=O) groups is 1. The zero-order valence-corrected chi connectivity index (χ0v) is 15.8. The number of ether oxygens (including phenoxy) is 1. The van der Waals surface area contributed by atoms with Crippen molar-refractivity contribution < 1.29 is 24.0 Å². The number of benzene rings is 2. The number of hydrazone groups is 1. The molecule has 3 aromatic rings. The molecule has 0 aliphatic rings. The highest BCUT2D eigenvalue weighted by Gasteiger charge is 2.18. The van der Waals surface area contributed by atoms with E-state index in [9.17, 15) is 29.2 Å². The molecular formula is C19H14FN5O6. The minimum Gasteiger partial charge on any atom is -0.504 e. The summed E-state index contributed by atoms with van der Waals surface area (Å²) in [4.78, 5) is 40.6. The van der Waals surface area contributed by atoms with Crippen molar-refractivity contribution in [2.75, 3.05) is 7.11 Å². The first-order chi connectivity index (χ1) is 14.8. The van der Waals surface area contributed by atoms with Crippen LogP contribution in [-0.2, 0) is 0 Å². The van der Waals surface area contributed by atoms with Gasteiger partial charge >= 0.3 is 5.69 Å². The van der Waals surface area contributed by atoms with Crippen molar-refractivity contribution >= 4 is 17.8 Å². The lowest BCUT2D eigenvalue weighted by Crippen LogP contribution is -2.24. The number of hydrogen-bond acceptors (Lipinski definition) is 8. The van der Waals surface area contributed by atoms with E-state index in [1.54, 1.807) is 0 Å². The van der Waals surface area contributed by atoms with Crippen LogP contribution in [-0.4, -0.2) is 39.2 Å². The molecule has 1 heterocycles. The number of aromatic amines is 1. The highest BCUT2D eigenvalue weighted by Crippen LogP contribution is 2.32.